The highest BCUT2D eigenvalue weighted by Gasteiger charge is 2.08. The van der Waals surface area contributed by atoms with Crippen LogP contribution >= 0.6 is 12.2 Å². The second-order valence-corrected chi connectivity index (χ2v) is 7.22. The summed E-state index contributed by atoms with van der Waals surface area (Å²) in [6.45, 7) is 0. The molecule has 0 saturated heterocycles. The highest BCUT2D eigenvalue weighted by atomic mass is 32.1. The molecule has 0 aliphatic carbocycles. The van der Waals surface area contributed by atoms with Gasteiger partial charge in [-0.15, -0.1) is 0 Å². The maximum Gasteiger partial charge on any atom is 0.324 e. The number of ether oxygens (including phenoxy) is 1. The van der Waals surface area contributed by atoms with Gasteiger partial charge < -0.3 is 15.4 Å². The van der Waals surface area contributed by atoms with Crippen LogP contribution in [0.2, 0.25) is 0 Å². The second kappa shape index (κ2) is 10.3. The van der Waals surface area contributed by atoms with Crippen molar-refractivity contribution in [2.24, 2.45) is 0 Å². The Morgan fingerprint density at radius 1 is 0.879 bits per heavy atom. The van der Waals surface area contributed by atoms with Crippen LogP contribution < -0.4 is 20.7 Å². The van der Waals surface area contributed by atoms with Crippen molar-refractivity contribution < 1.29 is 9.53 Å². The summed E-state index contributed by atoms with van der Waals surface area (Å²) in [5.74, 6) is 1.61. The number of amides is 2. The lowest BCUT2D eigenvalue weighted by Crippen LogP contribution is -2.20. The predicted molar refractivity (Wildman–Crippen MR) is 132 cm³/mol. The van der Waals surface area contributed by atoms with Crippen molar-refractivity contribution in [2.45, 2.75) is 0 Å². The van der Waals surface area contributed by atoms with E-state index >= 15 is 0 Å². The lowest BCUT2D eigenvalue weighted by atomic mass is 10.1. The summed E-state index contributed by atoms with van der Waals surface area (Å²) in [6, 6.07) is 21.5. The molecule has 164 valence electrons. The molecule has 2 aromatic carbocycles. The summed E-state index contributed by atoms with van der Waals surface area (Å²) < 4.78 is 5.85. The van der Waals surface area contributed by atoms with Crippen molar-refractivity contribution in [1.29, 1.82) is 0 Å². The molecule has 0 aliphatic heterocycles. The number of aromatic nitrogens is 3. The fraction of sp³-hybridized carbons (Fsp3) is 0.0417. The number of pyridine rings is 1. The zero-order chi connectivity index (χ0) is 23.0. The molecule has 4 aromatic rings. The Morgan fingerprint density at radius 3 is 2.42 bits per heavy atom. The quantitative estimate of drug-likeness (QED) is 0.356. The molecule has 0 spiro atoms. The van der Waals surface area contributed by atoms with E-state index in [-0.39, 0.29) is 0 Å². The van der Waals surface area contributed by atoms with Crippen LogP contribution in [0.15, 0.2) is 85.3 Å². The minimum Gasteiger partial charge on any atom is -0.457 e. The highest BCUT2D eigenvalue weighted by molar-refractivity contribution is 7.80. The van der Waals surface area contributed by atoms with Crippen molar-refractivity contribution in [1.82, 2.24) is 20.3 Å². The van der Waals surface area contributed by atoms with E-state index < -0.39 is 6.03 Å². The number of nitrogens with zero attached hydrogens (tertiary/aromatic N) is 3. The van der Waals surface area contributed by atoms with E-state index in [9.17, 15) is 4.79 Å². The van der Waals surface area contributed by atoms with Gasteiger partial charge in [0.1, 0.15) is 34.3 Å². The molecule has 8 nitrogen and oxygen atoms in total. The van der Waals surface area contributed by atoms with E-state index in [1.54, 1.807) is 55.7 Å². The van der Waals surface area contributed by atoms with Gasteiger partial charge in [0.15, 0.2) is 0 Å². The molecule has 0 saturated carbocycles. The van der Waals surface area contributed by atoms with E-state index in [0.717, 1.165) is 11.3 Å². The topological polar surface area (TPSA) is 101 Å². The predicted octanol–water partition coefficient (Wildman–Crippen LogP) is 4.87. The molecule has 0 fully saturated rings. The summed E-state index contributed by atoms with van der Waals surface area (Å²) >= 11 is 5.20. The van der Waals surface area contributed by atoms with Crippen LogP contribution in [0.25, 0.3) is 11.3 Å². The van der Waals surface area contributed by atoms with Gasteiger partial charge in [-0.3, -0.25) is 10.3 Å². The van der Waals surface area contributed by atoms with Crippen LogP contribution in [0, 0.1) is 0 Å². The minimum absolute atomic E-state index is 0.397. The van der Waals surface area contributed by atoms with Gasteiger partial charge >= 0.3 is 6.03 Å². The summed E-state index contributed by atoms with van der Waals surface area (Å²) in [4.78, 5) is 25.5. The van der Waals surface area contributed by atoms with Gasteiger partial charge in [0, 0.05) is 36.6 Å². The van der Waals surface area contributed by atoms with E-state index in [2.05, 4.69) is 30.9 Å². The number of anilines is 2. The van der Waals surface area contributed by atoms with Crippen LogP contribution in [0.5, 0.6) is 11.5 Å². The molecule has 2 heterocycles. The van der Waals surface area contributed by atoms with E-state index in [0.29, 0.717) is 33.7 Å². The van der Waals surface area contributed by atoms with Crippen LogP contribution in [-0.4, -0.2) is 33.0 Å². The molecule has 0 unspecified atom stereocenters. The molecule has 4 rings (SSSR count). The molecule has 0 bridgehead atoms. The van der Waals surface area contributed by atoms with Crippen LogP contribution in [-0.2, 0) is 0 Å². The van der Waals surface area contributed by atoms with Gasteiger partial charge in [0.2, 0.25) is 0 Å². The Hall–Kier alpha value is -4.37. The van der Waals surface area contributed by atoms with Gasteiger partial charge in [0.25, 0.3) is 0 Å². The monoisotopic (exact) mass is 456 g/mol. The third-order valence-electron chi connectivity index (χ3n) is 4.52. The van der Waals surface area contributed by atoms with Gasteiger partial charge in [-0.2, -0.15) is 0 Å². The number of carbonyl (C=O) groups excluding carboxylic acids is 1. The second-order valence-electron chi connectivity index (χ2n) is 6.82. The fourth-order valence-electron chi connectivity index (χ4n) is 2.94. The Kier molecular flexibility index (Phi) is 6.81. The zero-order valence-corrected chi connectivity index (χ0v) is 18.5. The molecule has 2 aromatic heterocycles. The molecule has 0 atom stereocenters. The normalized spacial score (nSPS) is 10.2. The Labute approximate surface area is 196 Å². The first-order chi connectivity index (χ1) is 16.1. The van der Waals surface area contributed by atoms with Gasteiger partial charge in [-0.1, -0.05) is 42.5 Å². The number of hydrogen-bond donors (Lipinski definition) is 3. The number of rotatable bonds is 6. The van der Waals surface area contributed by atoms with Gasteiger partial charge in [0.05, 0.1) is 5.69 Å². The first kappa shape index (κ1) is 21.8. The number of hydrogen-bond acceptors (Lipinski definition) is 6. The van der Waals surface area contributed by atoms with E-state index in [1.165, 1.54) is 6.33 Å². The van der Waals surface area contributed by atoms with Crippen molar-refractivity contribution in [3.63, 3.8) is 0 Å². The van der Waals surface area contributed by atoms with Crippen molar-refractivity contribution in [3.8, 4) is 22.8 Å². The third kappa shape index (κ3) is 5.86. The Morgan fingerprint density at radius 2 is 1.67 bits per heavy atom. The average molecular weight is 457 g/mol. The van der Waals surface area contributed by atoms with Crippen molar-refractivity contribution in [2.75, 3.05) is 17.7 Å². The van der Waals surface area contributed by atoms with Crippen LogP contribution in [0.1, 0.15) is 5.69 Å². The van der Waals surface area contributed by atoms with Crippen LogP contribution in [0.4, 0.5) is 16.3 Å². The lowest BCUT2D eigenvalue weighted by molar-refractivity contribution is 0.262. The molecule has 33 heavy (non-hydrogen) atoms. The molecule has 9 heteroatoms. The Balaban J connectivity index is 1.36. The number of nitrogens with one attached hydrogen (secondary N) is 3. The van der Waals surface area contributed by atoms with E-state index in [1.807, 2.05) is 30.3 Å². The number of benzene rings is 2. The standard InChI is InChI=1S/C24H20N6O2S/c1-25-23(33)21-13-19(11-12-26-21)32-18-9-7-17(8-10-18)29-24(31)30-22-14-20(27-15-28-22)16-5-3-2-4-6-16/h2-15H,1H3,(H,25,33)(H2,27,28,29,30,31). The van der Waals surface area contributed by atoms with Crippen LogP contribution in [0.3, 0.4) is 0 Å². The number of urea groups is 1. The SMILES string of the molecule is CNC(=S)c1cc(Oc2ccc(NC(=O)Nc3cc(-c4ccccc4)ncn3)cc2)ccn1. The smallest absolute Gasteiger partial charge is 0.324 e. The average Bonchev–Trinajstić information content (AvgIpc) is 2.85. The number of thiocarbonyl (C=S) groups is 1. The van der Waals surface area contributed by atoms with Gasteiger partial charge in [-0.25, -0.2) is 14.8 Å². The molecule has 0 radical (unpaired) electrons. The fourth-order valence-corrected chi connectivity index (χ4v) is 3.05. The summed E-state index contributed by atoms with van der Waals surface area (Å²) in [5.41, 5.74) is 2.88. The summed E-state index contributed by atoms with van der Waals surface area (Å²) in [5, 5.41) is 8.38. The molecular formula is C24H20N6O2S. The summed E-state index contributed by atoms with van der Waals surface area (Å²) in [6.07, 6.45) is 3.04. The van der Waals surface area contributed by atoms with Gasteiger partial charge in [-0.05, 0) is 30.3 Å². The lowest BCUT2D eigenvalue weighted by Gasteiger charge is -2.10. The first-order valence-electron chi connectivity index (χ1n) is 10.0. The third-order valence-corrected chi connectivity index (χ3v) is 4.93. The molecular weight excluding hydrogens is 436 g/mol. The summed E-state index contributed by atoms with van der Waals surface area (Å²) in [7, 11) is 1.74. The first-order valence-corrected chi connectivity index (χ1v) is 10.4. The van der Waals surface area contributed by atoms with Crippen molar-refractivity contribution in [3.05, 3.63) is 91.0 Å². The maximum absolute atomic E-state index is 12.4. The highest BCUT2D eigenvalue weighted by Crippen LogP contribution is 2.24. The minimum atomic E-state index is -0.416. The van der Waals surface area contributed by atoms with Crippen molar-refractivity contribution >= 4 is 34.7 Å². The van der Waals surface area contributed by atoms with E-state index in [4.69, 9.17) is 17.0 Å². The largest absolute Gasteiger partial charge is 0.457 e. The zero-order valence-electron chi connectivity index (χ0n) is 17.6. The molecule has 0 aliphatic rings. The Bertz CT molecular complexity index is 1270. The molecule has 2 amide bonds. The maximum atomic E-state index is 12.4. The molecule has 3 N–H and O–H groups in total. The number of carbonyl (C=O) groups is 1.